The number of rotatable bonds is 2. The smallest absolute Gasteiger partial charge is 0.361 e. The number of benzene rings is 2. The van der Waals surface area contributed by atoms with E-state index in [1.54, 1.807) is 12.1 Å². The van der Waals surface area contributed by atoms with Gasteiger partial charge in [0, 0.05) is 40.3 Å². The van der Waals surface area contributed by atoms with Gasteiger partial charge in [0.25, 0.3) is 0 Å². The largest absolute Gasteiger partial charge is 0.511 e. The Hall–Kier alpha value is -3.08. The molecule has 7 heteroatoms. The summed E-state index contributed by atoms with van der Waals surface area (Å²) in [6.07, 6.45) is 4.09. The van der Waals surface area contributed by atoms with Gasteiger partial charge in [-0.05, 0) is 60.1 Å². The maximum atomic E-state index is 14.3. The molecule has 0 spiro atoms. The maximum Gasteiger partial charge on any atom is 0.511 e. The van der Waals surface area contributed by atoms with Gasteiger partial charge in [0.15, 0.2) is 11.1 Å². The zero-order valence-corrected chi connectivity index (χ0v) is 16.5. The Labute approximate surface area is 171 Å². The highest BCUT2D eigenvalue weighted by molar-refractivity contribution is 7.18. The van der Waals surface area contributed by atoms with Crippen molar-refractivity contribution in [3.8, 4) is 27.8 Å². The predicted molar refractivity (Wildman–Crippen MR) is 115 cm³/mol. The highest BCUT2D eigenvalue weighted by Crippen LogP contribution is 2.35. The summed E-state index contributed by atoms with van der Waals surface area (Å²) in [5, 5.41) is 14.2. The van der Waals surface area contributed by atoms with Crippen LogP contribution in [0, 0.1) is 17.8 Å². The molecule has 4 aromatic rings. The number of halogens is 1. The van der Waals surface area contributed by atoms with Gasteiger partial charge in [0.2, 0.25) is 0 Å². The highest BCUT2D eigenvalue weighted by atomic mass is 32.1. The third-order valence-corrected chi connectivity index (χ3v) is 6.01. The minimum atomic E-state index is -0.237. The third-order valence-electron chi connectivity index (χ3n) is 5.15. The van der Waals surface area contributed by atoms with Gasteiger partial charge in [-0.15, -0.1) is 4.85 Å². The molecule has 1 atom stereocenters. The van der Waals surface area contributed by atoms with Gasteiger partial charge in [0.05, 0.1) is 5.92 Å². The van der Waals surface area contributed by atoms with Gasteiger partial charge in [0.1, 0.15) is 10.9 Å². The highest BCUT2D eigenvalue weighted by Gasteiger charge is 2.18. The number of piperidine rings is 1. The van der Waals surface area contributed by atoms with Crippen molar-refractivity contribution in [2.75, 3.05) is 13.1 Å². The van der Waals surface area contributed by atoms with E-state index in [1.807, 2.05) is 30.5 Å². The lowest BCUT2D eigenvalue weighted by molar-refractivity contribution is 0.449. The summed E-state index contributed by atoms with van der Waals surface area (Å²) in [6, 6.07) is 16.0. The third kappa shape index (κ3) is 3.65. The average Bonchev–Trinajstić information content (AvgIpc) is 3.40. The first-order valence-electron chi connectivity index (χ1n) is 9.65. The maximum absolute atomic E-state index is 14.3. The monoisotopic (exact) mass is 404 g/mol. The van der Waals surface area contributed by atoms with E-state index in [-0.39, 0.29) is 5.82 Å². The Morgan fingerprint density at radius 3 is 2.93 bits per heavy atom. The van der Waals surface area contributed by atoms with E-state index >= 15 is 0 Å². The number of H-pyrrole nitrogens is 1. The van der Waals surface area contributed by atoms with Crippen molar-refractivity contribution in [1.82, 2.24) is 20.5 Å². The molecule has 1 unspecified atom stereocenters. The quantitative estimate of drug-likeness (QED) is 0.467. The second kappa shape index (κ2) is 7.74. The van der Waals surface area contributed by atoms with E-state index in [1.165, 1.54) is 17.4 Å². The minimum Gasteiger partial charge on any atom is -0.361 e. The first-order valence-corrected chi connectivity index (χ1v) is 10.5. The van der Waals surface area contributed by atoms with Crippen LogP contribution in [-0.4, -0.2) is 28.3 Å². The molecule has 2 aromatic carbocycles. The van der Waals surface area contributed by atoms with Crippen LogP contribution in [0.15, 0.2) is 48.7 Å². The van der Waals surface area contributed by atoms with E-state index in [0.717, 1.165) is 53.0 Å². The lowest BCUT2D eigenvalue weighted by atomic mass is 10.0. The van der Waals surface area contributed by atoms with Crippen LogP contribution >= 0.6 is 11.3 Å². The van der Waals surface area contributed by atoms with Gasteiger partial charge < -0.3 is 10.3 Å². The molecule has 0 aliphatic carbocycles. The van der Waals surface area contributed by atoms with E-state index in [0.29, 0.717) is 16.6 Å². The second-order valence-electron chi connectivity index (χ2n) is 7.12. The molecule has 5 nitrogen and oxygen atoms in total. The van der Waals surface area contributed by atoms with Crippen LogP contribution in [-0.2, 0) is 0 Å². The average molecular weight is 404 g/mol. The van der Waals surface area contributed by atoms with Gasteiger partial charge in [-0.1, -0.05) is 18.2 Å². The van der Waals surface area contributed by atoms with E-state index < -0.39 is 0 Å². The molecular weight excluding hydrogens is 385 g/mol. The molecule has 1 aliphatic rings. The SMILES string of the molecule is Fc1ccccc1-c1c[nH]c2ccc(-c3nnc([N+]#CC4CCCNC4)s3)cc12. The number of nitrogens with zero attached hydrogens (tertiary/aromatic N) is 3. The molecule has 3 heterocycles. The second-order valence-corrected chi connectivity index (χ2v) is 8.07. The molecule has 0 radical (unpaired) electrons. The molecule has 2 N–H and O–H groups in total. The van der Waals surface area contributed by atoms with Crippen molar-refractivity contribution in [1.29, 1.82) is 0 Å². The number of aromatic amines is 1. The zero-order chi connectivity index (χ0) is 19.6. The number of aromatic nitrogens is 3. The van der Waals surface area contributed by atoms with Gasteiger partial charge >= 0.3 is 5.13 Å². The van der Waals surface area contributed by atoms with Crippen LogP contribution < -0.4 is 5.32 Å². The predicted octanol–water partition coefficient (Wildman–Crippen LogP) is 5.46. The van der Waals surface area contributed by atoms with Crippen molar-refractivity contribution in [3.05, 3.63) is 59.3 Å². The molecule has 144 valence electrons. The first-order chi connectivity index (χ1) is 14.3. The summed E-state index contributed by atoms with van der Waals surface area (Å²) in [5.74, 6) is 0.0923. The van der Waals surface area contributed by atoms with Crippen molar-refractivity contribution < 1.29 is 4.39 Å². The molecule has 5 rings (SSSR count). The van der Waals surface area contributed by atoms with Gasteiger partial charge in [-0.3, -0.25) is 0 Å². The van der Waals surface area contributed by atoms with Crippen molar-refractivity contribution in [2.45, 2.75) is 12.8 Å². The van der Waals surface area contributed by atoms with Crippen LogP contribution in [0.4, 0.5) is 9.52 Å². The minimum absolute atomic E-state index is 0.237. The fourth-order valence-corrected chi connectivity index (χ4v) is 4.32. The van der Waals surface area contributed by atoms with Crippen LogP contribution in [0.2, 0.25) is 0 Å². The number of hydrogen-bond donors (Lipinski definition) is 2. The van der Waals surface area contributed by atoms with Gasteiger partial charge in [-0.25, -0.2) is 4.39 Å². The van der Waals surface area contributed by atoms with Crippen LogP contribution in [0.25, 0.3) is 37.4 Å². The lowest BCUT2D eigenvalue weighted by Crippen LogP contribution is -2.28. The standard InChI is InChI=1S/C22H19FN5S/c23-19-6-2-1-5-16(19)18-13-25-20-8-7-15(10-17(18)20)21-27-28-22(29-21)26-12-14-4-3-9-24-11-14/h1-2,5-8,10,13-14,24-25H,3-4,9,11H2/q+1. The fourth-order valence-electron chi connectivity index (χ4n) is 3.64. The zero-order valence-electron chi connectivity index (χ0n) is 15.7. The van der Waals surface area contributed by atoms with Crippen LogP contribution in [0.1, 0.15) is 12.8 Å². The Balaban J connectivity index is 1.47. The van der Waals surface area contributed by atoms with Gasteiger partial charge in [-0.2, -0.15) is 0 Å². The fraction of sp³-hybridized carbons (Fsp3) is 0.227. The molecule has 1 fully saturated rings. The number of nitrogens with one attached hydrogen (secondary N) is 2. The first kappa shape index (κ1) is 18.0. The van der Waals surface area contributed by atoms with Crippen molar-refractivity contribution in [3.63, 3.8) is 0 Å². The molecular formula is C22H19FN5S+. The Kier molecular flexibility index (Phi) is 4.80. The molecule has 0 bridgehead atoms. The van der Waals surface area contributed by atoms with E-state index in [2.05, 4.69) is 31.4 Å². The molecule has 1 saturated heterocycles. The lowest BCUT2D eigenvalue weighted by Gasteiger charge is -2.14. The summed E-state index contributed by atoms with van der Waals surface area (Å²) in [5.41, 5.74) is 3.30. The normalized spacial score (nSPS) is 16.5. The molecule has 0 saturated carbocycles. The molecule has 1 aliphatic heterocycles. The number of fused-ring (bicyclic) bond motifs is 1. The van der Waals surface area contributed by atoms with Crippen LogP contribution in [0.3, 0.4) is 0 Å². The summed E-state index contributed by atoms with van der Waals surface area (Å²) >= 11 is 1.43. The summed E-state index contributed by atoms with van der Waals surface area (Å²) in [4.78, 5) is 7.62. The molecule has 0 amide bonds. The van der Waals surface area contributed by atoms with Crippen molar-refractivity contribution in [2.24, 2.45) is 5.92 Å². The topological polar surface area (TPSA) is 58.0 Å². The van der Waals surface area contributed by atoms with Crippen LogP contribution in [0.5, 0.6) is 0 Å². The van der Waals surface area contributed by atoms with E-state index in [4.69, 9.17) is 0 Å². The van der Waals surface area contributed by atoms with Crippen molar-refractivity contribution >= 4 is 27.4 Å². The Bertz CT molecular complexity index is 1230. The summed E-state index contributed by atoms with van der Waals surface area (Å²) in [7, 11) is 0. The Morgan fingerprint density at radius 1 is 1.14 bits per heavy atom. The molecule has 2 aromatic heterocycles. The molecule has 29 heavy (non-hydrogen) atoms. The van der Waals surface area contributed by atoms with E-state index in [9.17, 15) is 4.39 Å². The summed E-state index contributed by atoms with van der Waals surface area (Å²) in [6.45, 7) is 1.98. The Morgan fingerprint density at radius 2 is 2.07 bits per heavy atom. The number of hydrogen-bond acceptors (Lipinski definition) is 4. The summed E-state index contributed by atoms with van der Waals surface area (Å²) < 4.78 is 14.3.